The average Bonchev–Trinajstić information content (AvgIpc) is 3.17. The van der Waals surface area contributed by atoms with Gasteiger partial charge in [0.2, 0.25) is 0 Å². The lowest BCUT2D eigenvalue weighted by Crippen LogP contribution is -2.45. The molecule has 7 heteroatoms. The number of benzene rings is 1. The summed E-state index contributed by atoms with van der Waals surface area (Å²) in [5.74, 6) is 1.48. The fourth-order valence-corrected chi connectivity index (χ4v) is 4.17. The zero-order chi connectivity index (χ0) is 21.5. The van der Waals surface area contributed by atoms with Crippen molar-refractivity contribution in [2.45, 2.75) is 19.4 Å². The third-order valence-electron chi connectivity index (χ3n) is 5.81. The molecule has 1 fully saturated rings. The lowest BCUT2D eigenvalue weighted by atomic mass is 9.96. The molecule has 1 amide bonds. The Morgan fingerprint density at radius 2 is 2.03 bits per heavy atom. The molecule has 3 rings (SSSR count). The highest BCUT2D eigenvalue weighted by Gasteiger charge is 2.26. The molecule has 2 heterocycles. The monoisotopic (exact) mass is 413 g/mol. The molecule has 1 aromatic heterocycles. The van der Waals surface area contributed by atoms with Gasteiger partial charge in [-0.1, -0.05) is 18.2 Å². The van der Waals surface area contributed by atoms with Crippen LogP contribution in [0.4, 0.5) is 0 Å². The van der Waals surface area contributed by atoms with Crippen molar-refractivity contribution >= 4 is 5.91 Å². The fourth-order valence-electron chi connectivity index (χ4n) is 4.17. The highest BCUT2D eigenvalue weighted by molar-refractivity contribution is 5.92. The van der Waals surface area contributed by atoms with Crippen molar-refractivity contribution in [1.29, 1.82) is 0 Å². The van der Waals surface area contributed by atoms with Gasteiger partial charge in [-0.15, -0.1) is 0 Å². The van der Waals surface area contributed by atoms with Gasteiger partial charge in [0, 0.05) is 51.5 Å². The topological polar surface area (TPSA) is 53.8 Å². The van der Waals surface area contributed by atoms with Crippen LogP contribution in [-0.4, -0.2) is 84.3 Å². The quantitative estimate of drug-likeness (QED) is 0.632. The zero-order valence-corrected chi connectivity index (χ0v) is 18.8. The van der Waals surface area contributed by atoms with Gasteiger partial charge >= 0.3 is 0 Å². The van der Waals surface area contributed by atoms with E-state index < -0.39 is 0 Å². The first-order valence-corrected chi connectivity index (χ1v) is 10.7. The minimum atomic E-state index is 0.0682. The third-order valence-corrected chi connectivity index (χ3v) is 5.81. The first-order chi connectivity index (χ1) is 14.5. The summed E-state index contributed by atoms with van der Waals surface area (Å²) in [6.07, 6.45) is 3.99. The number of piperidine rings is 1. The molecular formula is C23H35N5O2. The van der Waals surface area contributed by atoms with Gasteiger partial charge in [0.15, 0.2) is 0 Å². The predicted octanol–water partition coefficient (Wildman–Crippen LogP) is 2.34. The Kier molecular flexibility index (Phi) is 7.87. The fraction of sp³-hybridized carbons (Fsp3) is 0.565. The number of para-hydroxylation sites is 1. The number of amides is 1. The number of nitrogens with zero attached hydrogens (tertiary/aromatic N) is 5. The first-order valence-electron chi connectivity index (χ1n) is 10.7. The molecule has 0 spiro atoms. The van der Waals surface area contributed by atoms with Gasteiger partial charge in [-0.2, -0.15) is 5.10 Å². The van der Waals surface area contributed by atoms with Gasteiger partial charge in [0.05, 0.1) is 7.11 Å². The molecule has 1 aliphatic rings. The van der Waals surface area contributed by atoms with E-state index in [1.165, 1.54) is 5.56 Å². The number of aromatic nitrogens is 2. The number of likely N-dealkylation sites (tertiary alicyclic amines) is 1. The van der Waals surface area contributed by atoms with E-state index in [0.717, 1.165) is 57.9 Å². The molecule has 2 aromatic rings. The highest BCUT2D eigenvalue weighted by Crippen LogP contribution is 2.24. The molecule has 1 atom stereocenters. The smallest absolute Gasteiger partial charge is 0.272 e. The molecule has 164 valence electrons. The molecule has 1 aromatic carbocycles. The summed E-state index contributed by atoms with van der Waals surface area (Å²) >= 11 is 0. The van der Waals surface area contributed by atoms with Crippen LogP contribution in [0.25, 0.3) is 0 Å². The number of carbonyl (C=O) groups excluding carboxylic acids is 1. The van der Waals surface area contributed by atoms with E-state index >= 15 is 0 Å². The maximum Gasteiger partial charge on any atom is 0.272 e. The Morgan fingerprint density at radius 3 is 2.73 bits per heavy atom. The number of carbonyl (C=O) groups is 1. The number of ether oxygens (including phenoxy) is 1. The van der Waals surface area contributed by atoms with Crippen LogP contribution in [0, 0.1) is 5.92 Å². The van der Waals surface area contributed by atoms with Crippen LogP contribution in [0.15, 0.2) is 36.5 Å². The van der Waals surface area contributed by atoms with Crippen molar-refractivity contribution in [3.05, 3.63) is 47.8 Å². The average molecular weight is 414 g/mol. The van der Waals surface area contributed by atoms with Gasteiger partial charge in [-0.25, -0.2) is 0 Å². The molecule has 0 radical (unpaired) electrons. The van der Waals surface area contributed by atoms with Gasteiger partial charge in [0.25, 0.3) is 5.91 Å². The van der Waals surface area contributed by atoms with Gasteiger partial charge in [0.1, 0.15) is 11.4 Å². The third kappa shape index (κ3) is 5.83. The van der Waals surface area contributed by atoms with Gasteiger partial charge in [-0.05, 0) is 51.5 Å². The van der Waals surface area contributed by atoms with Crippen LogP contribution >= 0.6 is 0 Å². The van der Waals surface area contributed by atoms with Crippen LogP contribution in [0.3, 0.4) is 0 Å². The summed E-state index contributed by atoms with van der Waals surface area (Å²) < 4.78 is 7.19. The number of methoxy groups -OCH3 is 1. The van der Waals surface area contributed by atoms with Gasteiger partial charge < -0.3 is 14.5 Å². The lowest BCUT2D eigenvalue weighted by Gasteiger charge is -2.36. The molecule has 0 N–H and O–H groups in total. The summed E-state index contributed by atoms with van der Waals surface area (Å²) in [7, 11) is 7.64. The highest BCUT2D eigenvalue weighted by atomic mass is 16.5. The number of aryl methyl sites for hydroxylation is 1. The second kappa shape index (κ2) is 10.6. The summed E-state index contributed by atoms with van der Waals surface area (Å²) in [5.41, 5.74) is 1.87. The molecule has 1 aliphatic heterocycles. The number of likely N-dealkylation sites (N-methyl/N-ethyl adjacent to an activating group) is 1. The van der Waals surface area contributed by atoms with Crippen molar-refractivity contribution in [1.82, 2.24) is 24.5 Å². The SMILES string of the molecule is COc1ccccc1CN1CCCC(CN(CCN(C)C)C(=O)c2ccnn2C)C1. The van der Waals surface area contributed by atoms with Gasteiger partial charge in [-0.3, -0.25) is 14.4 Å². The summed E-state index contributed by atoms with van der Waals surface area (Å²) in [4.78, 5) is 19.8. The Hall–Kier alpha value is -2.38. The van der Waals surface area contributed by atoms with E-state index in [4.69, 9.17) is 4.74 Å². The van der Waals surface area contributed by atoms with Crippen molar-refractivity contribution in [2.24, 2.45) is 13.0 Å². The standard InChI is InChI=1S/C23H35N5O2/c1-25(2)14-15-28(23(29)21-11-12-24-26(21)3)17-19-8-7-13-27(16-19)18-20-9-5-6-10-22(20)30-4/h5-6,9-12,19H,7-8,13-18H2,1-4H3. The van der Waals surface area contributed by atoms with Crippen LogP contribution < -0.4 is 4.74 Å². The molecule has 0 aliphatic carbocycles. The Labute approximate surface area is 180 Å². The van der Waals surface area contributed by atoms with Crippen molar-refractivity contribution in [3.63, 3.8) is 0 Å². The summed E-state index contributed by atoms with van der Waals surface area (Å²) in [6, 6.07) is 10.0. The summed E-state index contributed by atoms with van der Waals surface area (Å²) in [5, 5.41) is 4.18. The number of hydrogen-bond donors (Lipinski definition) is 0. The van der Waals surface area contributed by atoms with E-state index in [9.17, 15) is 4.79 Å². The molecule has 1 unspecified atom stereocenters. The van der Waals surface area contributed by atoms with Crippen molar-refractivity contribution < 1.29 is 9.53 Å². The van der Waals surface area contributed by atoms with E-state index in [2.05, 4.69) is 27.0 Å². The van der Waals surface area contributed by atoms with Crippen LogP contribution in [-0.2, 0) is 13.6 Å². The van der Waals surface area contributed by atoms with Crippen molar-refractivity contribution in [3.8, 4) is 5.75 Å². The second-order valence-corrected chi connectivity index (χ2v) is 8.45. The number of rotatable bonds is 9. The van der Waals surface area contributed by atoms with E-state index in [-0.39, 0.29) is 5.91 Å². The van der Waals surface area contributed by atoms with Crippen molar-refractivity contribution in [2.75, 3.05) is 53.9 Å². The maximum absolute atomic E-state index is 13.2. The molecule has 0 saturated carbocycles. The Bertz CT molecular complexity index is 819. The minimum Gasteiger partial charge on any atom is -0.496 e. The normalized spacial score (nSPS) is 17.3. The summed E-state index contributed by atoms with van der Waals surface area (Å²) in [6.45, 7) is 5.31. The van der Waals surface area contributed by atoms with Crippen LogP contribution in [0.2, 0.25) is 0 Å². The zero-order valence-electron chi connectivity index (χ0n) is 18.8. The lowest BCUT2D eigenvalue weighted by molar-refractivity contribution is 0.0649. The number of hydrogen-bond acceptors (Lipinski definition) is 5. The first kappa shape index (κ1) is 22.3. The largest absolute Gasteiger partial charge is 0.496 e. The predicted molar refractivity (Wildman–Crippen MR) is 119 cm³/mol. The Morgan fingerprint density at radius 1 is 1.23 bits per heavy atom. The minimum absolute atomic E-state index is 0.0682. The van der Waals surface area contributed by atoms with E-state index in [0.29, 0.717) is 11.6 Å². The van der Waals surface area contributed by atoms with E-state index in [1.54, 1.807) is 24.1 Å². The van der Waals surface area contributed by atoms with Crippen LogP contribution in [0.1, 0.15) is 28.9 Å². The molecule has 30 heavy (non-hydrogen) atoms. The Balaban J connectivity index is 1.66. The maximum atomic E-state index is 13.2. The van der Waals surface area contributed by atoms with E-state index in [1.807, 2.05) is 38.2 Å². The molecule has 0 bridgehead atoms. The molecule has 7 nitrogen and oxygen atoms in total. The molecular weight excluding hydrogens is 378 g/mol. The van der Waals surface area contributed by atoms with Crippen LogP contribution in [0.5, 0.6) is 5.75 Å². The second-order valence-electron chi connectivity index (χ2n) is 8.45. The molecule has 1 saturated heterocycles.